The Kier molecular flexibility index (Phi) is 3.35. The number of nitrogens with one attached hydrogen (secondary N) is 1. The maximum atomic E-state index is 12.4. The van der Waals surface area contributed by atoms with E-state index in [1.54, 1.807) is 6.07 Å². The number of furan rings is 1. The van der Waals surface area contributed by atoms with Gasteiger partial charge in [-0.15, -0.1) is 0 Å². The highest BCUT2D eigenvalue weighted by molar-refractivity contribution is 5.91. The number of carbonyl (C=O) groups excluding carboxylic acids is 1. The number of carbonyl (C=O) groups is 1. The van der Waals surface area contributed by atoms with Gasteiger partial charge in [0.15, 0.2) is 5.76 Å². The van der Waals surface area contributed by atoms with Crippen LogP contribution in [0.1, 0.15) is 48.9 Å². The Bertz CT molecular complexity index is 456. The average molecular weight is 262 g/mol. The zero-order valence-corrected chi connectivity index (χ0v) is 11.7. The van der Waals surface area contributed by atoms with Crippen LogP contribution in [0.25, 0.3) is 0 Å². The van der Waals surface area contributed by atoms with E-state index in [0.717, 1.165) is 25.0 Å². The fourth-order valence-corrected chi connectivity index (χ4v) is 3.37. The summed E-state index contributed by atoms with van der Waals surface area (Å²) in [5.41, 5.74) is 0. The monoisotopic (exact) mass is 262 g/mol. The highest BCUT2D eigenvalue weighted by Gasteiger charge is 2.36. The molecule has 0 saturated carbocycles. The van der Waals surface area contributed by atoms with Crippen molar-refractivity contribution >= 4 is 5.91 Å². The van der Waals surface area contributed by atoms with E-state index in [1.165, 1.54) is 12.8 Å². The van der Waals surface area contributed by atoms with Gasteiger partial charge in [-0.3, -0.25) is 4.79 Å². The normalized spacial score (nSPS) is 29.5. The van der Waals surface area contributed by atoms with Crippen LogP contribution < -0.4 is 5.32 Å². The van der Waals surface area contributed by atoms with Crippen LogP contribution in [0.15, 0.2) is 16.5 Å². The summed E-state index contributed by atoms with van der Waals surface area (Å²) in [5, 5.41) is 3.61. The topological polar surface area (TPSA) is 45.5 Å². The van der Waals surface area contributed by atoms with Gasteiger partial charge in [0.1, 0.15) is 5.76 Å². The number of piperidine rings is 1. The summed E-state index contributed by atoms with van der Waals surface area (Å²) in [7, 11) is 1.91. The van der Waals surface area contributed by atoms with Gasteiger partial charge in [-0.25, -0.2) is 0 Å². The van der Waals surface area contributed by atoms with Crippen molar-refractivity contribution in [3.63, 3.8) is 0 Å². The van der Waals surface area contributed by atoms with Gasteiger partial charge in [-0.05, 0) is 37.8 Å². The Balaban J connectivity index is 1.69. The number of fused-ring (bicyclic) bond motifs is 2. The molecule has 1 N–H and O–H groups in total. The first-order chi connectivity index (χ1) is 9.17. The molecule has 2 aliphatic rings. The lowest BCUT2D eigenvalue weighted by atomic mass is 9.98. The summed E-state index contributed by atoms with van der Waals surface area (Å²) < 4.78 is 5.57. The molecular formula is C15H22N2O2. The molecule has 0 aliphatic carbocycles. The summed E-state index contributed by atoms with van der Waals surface area (Å²) in [6, 6.07) is 5.24. The predicted molar refractivity (Wildman–Crippen MR) is 73.1 cm³/mol. The maximum Gasteiger partial charge on any atom is 0.289 e. The highest BCUT2D eigenvalue weighted by atomic mass is 16.4. The van der Waals surface area contributed by atoms with Crippen LogP contribution in [0, 0.1) is 0 Å². The Morgan fingerprint density at radius 3 is 2.63 bits per heavy atom. The summed E-state index contributed by atoms with van der Waals surface area (Å²) in [6.45, 7) is 2.03. The molecule has 2 saturated heterocycles. The molecule has 1 amide bonds. The molecule has 0 aromatic carbocycles. The minimum absolute atomic E-state index is 0.0194. The van der Waals surface area contributed by atoms with E-state index in [1.807, 2.05) is 24.9 Å². The Labute approximate surface area is 114 Å². The lowest BCUT2D eigenvalue weighted by molar-refractivity contribution is 0.0648. The van der Waals surface area contributed by atoms with Crippen LogP contribution in [-0.2, 0) is 6.42 Å². The van der Waals surface area contributed by atoms with Crippen molar-refractivity contribution < 1.29 is 9.21 Å². The quantitative estimate of drug-likeness (QED) is 0.908. The minimum Gasteiger partial charge on any atom is -0.456 e. The van der Waals surface area contributed by atoms with E-state index >= 15 is 0 Å². The van der Waals surface area contributed by atoms with Crippen molar-refractivity contribution in [1.29, 1.82) is 0 Å². The van der Waals surface area contributed by atoms with Crippen molar-refractivity contribution in [2.75, 3.05) is 7.05 Å². The second kappa shape index (κ2) is 5.00. The molecule has 1 aromatic heterocycles. The molecule has 104 valence electrons. The van der Waals surface area contributed by atoms with Crippen LogP contribution >= 0.6 is 0 Å². The molecule has 0 radical (unpaired) electrons. The number of rotatable bonds is 3. The van der Waals surface area contributed by atoms with Gasteiger partial charge in [-0.2, -0.15) is 0 Å². The molecule has 2 aliphatic heterocycles. The predicted octanol–water partition coefficient (Wildman–Crippen LogP) is 2.20. The second-order valence-corrected chi connectivity index (χ2v) is 5.80. The first-order valence-corrected chi connectivity index (χ1v) is 7.29. The Morgan fingerprint density at radius 1 is 1.37 bits per heavy atom. The van der Waals surface area contributed by atoms with Crippen LogP contribution in [0.3, 0.4) is 0 Å². The van der Waals surface area contributed by atoms with Gasteiger partial charge in [0.25, 0.3) is 5.91 Å². The van der Waals surface area contributed by atoms with Crippen LogP contribution in [-0.4, -0.2) is 36.0 Å². The summed E-state index contributed by atoms with van der Waals surface area (Å²) >= 11 is 0. The first-order valence-electron chi connectivity index (χ1n) is 7.29. The zero-order chi connectivity index (χ0) is 13.4. The van der Waals surface area contributed by atoms with Crippen molar-refractivity contribution in [3.8, 4) is 0 Å². The second-order valence-electron chi connectivity index (χ2n) is 5.80. The molecule has 3 rings (SSSR count). The molecule has 19 heavy (non-hydrogen) atoms. The molecule has 4 heteroatoms. The average Bonchev–Trinajstić information content (AvgIpc) is 3.03. The summed E-state index contributed by atoms with van der Waals surface area (Å²) in [4.78, 5) is 14.3. The lowest BCUT2D eigenvalue weighted by Crippen LogP contribution is -2.48. The van der Waals surface area contributed by atoms with Gasteiger partial charge in [0, 0.05) is 31.6 Å². The largest absolute Gasteiger partial charge is 0.456 e. The SMILES string of the molecule is CCc1ccc(C(=O)N(C)C2CC3CCC(C2)N3)o1. The van der Waals surface area contributed by atoms with Crippen LogP contribution in [0.2, 0.25) is 0 Å². The smallest absolute Gasteiger partial charge is 0.289 e. The molecule has 4 nitrogen and oxygen atoms in total. The molecule has 2 unspecified atom stereocenters. The molecule has 1 aromatic rings. The molecule has 3 heterocycles. The van der Waals surface area contributed by atoms with E-state index in [-0.39, 0.29) is 5.91 Å². The number of aryl methyl sites for hydroxylation is 1. The van der Waals surface area contributed by atoms with Crippen LogP contribution in [0.4, 0.5) is 0 Å². The third kappa shape index (κ3) is 2.41. The number of hydrogen-bond acceptors (Lipinski definition) is 3. The van der Waals surface area contributed by atoms with Crippen molar-refractivity contribution in [1.82, 2.24) is 10.2 Å². The number of nitrogens with zero attached hydrogens (tertiary/aromatic N) is 1. The Morgan fingerprint density at radius 2 is 2.05 bits per heavy atom. The van der Waals surface area contributed by atoms with E-state index in [9.17, 15) is 4.79 Å². The van der Waals surface area contributed by atoms with E-state index in [0.29, 0.717) is 23.9 Å². The minimum atomic E-state index is 0.0194. The third-order valence-corrected chi connectivity index (χ3v) is 4.54. The third-order valence-electron chi connectivity index (χ3n) is 4.54. The zero-order valence-electron chi connectivity index (χ0n) is 11.7. The van der Waals surface area contributed by atoms with E-state index in [4.69, 9.17) is 4.42 Å². The fraction of sp³-hybridized carbons (Fsp3) is 0.667. The molecule has 2 fully saturated rings. The first kappa shape index (κ1) is 12.7. The van der Waals surface area contributed by atoms with Gasteiger partial charge in [0.05, 0.1) is 0 Å². The Hall–Kier alpha value is -1.29. The summed E-state index contributed by atoms with van der Waals surface area (Å²) in [6.07, 6.45) is 5.47. The molecule has 2 bridgehead atoms. The fourth-order valence-electron chi connectivity index (χ4n) is 3.37. The summed E-state index contributed by atoms with van der Waals surface area (Å²) in [5.74, 6) is 1.37. The van der Waals surface area contributed by atoms with Gasteiger partial charge >= 0.3 is 0 Å². The highest BCUT2D eigenvalue weighted by Crippen LogP contribution is 2.29. The van der Waals surface area contributed by atoms with Crippen molar-refractivity contribution in [2.45, 2.75) is 57.2 Å². The van der Waals surface area contributed by atoms with Gasteiger partial charge < -0.3 is 14.6 Å². The van der Waals surface area contributed by atoms with Crippen molar-refractivity contribution in [3.05, 3.63) is 23.7 Å². The van der Waals surface area contributed by atoms with Gasteiger partial charge in [-0.1, -0.05) is 6.92 Å². The van der Waals surface area contributed by atoms with E-state index < -0.39 is 0 Å². The van der Waals surface area contributed by atoms with Crippen LogP contribution in [0.5, 0.6) is 0 Å². The number of amides is 1. The molecule has 2 atom stereocenters. The molecule has 0 spiro atoms. The number of hydrogen-bond donors (Lipinski definition) is 1. The standard InChI is InChI=1S/C15H22N2O2/c1-3-13-6-7-14(19-13)15(18)17(2)12-8-10-4-5-11(9-12)16-10/h6-7,10-12,16H,3-5,8-9H2,1-2H3. The maximum absolute atomic E-state index is 12.4. The van der Waals surface area contributed by atoms with Crippen molar-refractivity contribution in [2.24, 2.45) is 0 Å². The lowest BCUT2D eigenvalue weighted by Gasteiger charge is -2.35. The van der Waals surface area contributed by atoms with Gasteiger partial charge in [0.2, 0.25) is 0 Å². The molecular weight excluding hydrogens is 240 g/mol. The van der Waals surface area contributed by atoms with E-state index in [2.05, 4.69) is 5.32 Å².